The van der Waals surface area contributed by atoms with Gasteiger partial charge in [0, 0.05) is 18.7 Å². The summed E-state index contributed by atoms with van der Waals surface area (Å²) in [5.74, 6) is -0.319. The van der Waals surface area contributed by atoms with Gasteiger partial charge in [-0.2, -0.15) is 0 Å². The van der Waals surface area contributed by atoms with Gasteiger partial charge in [0.15, 0.2) is 0 Å². The highest BCUT2D eigenvalue weighted by Gasteiger charge is 2.14. The zero-order valence-corrected chi connectivity index (χ0v) is 14.7. The van der Waals surface area contributed by atoms with E-state index in [1.807, 2.05) is 48.3 Å². The topological polar surface area (TPSA) is 54.3 Å². The maximum absolute atomic E-state index is 12.1. The van der Waals surface area contributed by atoms with Crippen LogP contribution in [-0.4, -0.2) is 30.7 Å². The Balaban J connectivity index is 2.01. The predicted octanol–water partition coefficient (Wildman–Crippen LogP) is 4.93. The molecule has 0 bridgehead atoms. The number of aryl methyl sites for hydroxylation is 1. The fourth-order valence-corrected chi connectivity index (χ4v) is 2.96. The number of hydrogen-bond donors (Lipinski definition) is 0. The van der Waals surface area contributed by atoms with E-state index in [1.54, 1.807) is 13.0 Å². The number of benzene rings is 2. The van der Waals surface area contributed by atoms with Crippen molar-refractivity contribution in [3.8, 4) is 11.1 Å². The SMILES string of the molecule is CCOC(=O)c1ccc(N=NN2CCCC2)c(-c2ccccc2C)c1. The Morgan fingerprint density at radius 2 is 1.88 bits per heavy atom. The third-order valence-corrected chi connectivity index (χ3v) is 4.30. The van der Waals surface area contributed by atoms with Gasteiger partial charge >= 0.3 is 5.97 Å². The first-order valence-corrected chi connectivity index (χ1v) is 8.73. The number of ether oxygens (including phenoxy) is 1. The van der Waals surface area contributed by atoms with Gasteiger partial charge in [-0.1, -0.05) is 29.5 Å². The molecule has 25 heavy (non-hydrogen) atoms. The minimum absolute atomic E-state index is 0.319. The lowest BCUT2D eigenvalue weighted by Gasteiger charge is -2.12. The molecule has 3 rings (SSSR count). The molecule has 1 aliphatic heterocycles. The first-order valence-electron chi connectivity index (χ1n) is 8.73. The molecule has 0 saturated carbocycles. The van der Waals surface area contributed by atoms with Crippen molar-refractivity contribution in [2.24, 2.45) is 10.3 Å². The quantitative estimate of drug-likeness (QED) is 0.574. The minimum atomic E-state index is -0.319. The van der Waals surface area contributed by atoms with Gasteiger partial charge in [-0.25, -0.2) is 4.79 Å². The monoisotopic (exact) mass is 337 g/mol. The lowest BCUT2D eigenvalue weighted by atomic mass is 9.97. The highest BCUT2D eigenvalue weighted by Crippen LogP contribution is 2.34. The van der Waals surface area contributed by atoms with E-state index in [2.05, 4.69) is 10.3 Å². The Kier molecular flexibility index (Phi) is 5.43. The molecule has 0 radical (unpaired) electrons. The second-order valence-electron chi connectivity index (χ2n) is 6.12. The molecule has 1 heterocycles. The smallest absolute Gasteiger partial charge is 0.338 e. The summed E-state index contributed by atoms with van der Waals surface area (Å²) in [5.41, 5.74) is 4.35. The number of nitrogens with zero attached hydrogens (tertiary/aromatic N) is 3. The van der Waals surface area contributed by atoms with Crippen LogP contribution in [0.15, 0.2) is 52.8 Å². The Morgan fingerprint density at radius 1 is 1.12 bits per heavy atom. The van der Waals surface area contributed by atoms with E-state index in [0.717, 1.165) is 48.3 Å². The van der Waals surface area contributed by atoms with Gasteiger partial charge in [-0.15, -0.1) is 5.11 Å². The Labute approximate surface area is 148 Å². The van der Waals surface area contributed by atoms with Crippen molar-refractivity contribution in [3.05, 3.63) is 53.6 Å². The zero-order chi connectivity index (χ0) is 17.6. The summed E-state index contributed by atoms with van der Waals surface area (Å²) in [7, 11) is 0. The largest absolute Gasteiger partial charge is 0.462 e. The first kappa shape index (κ1) is 17.1. The third kappa shape index (κ3) is 4.05. The molecule has 0 aliphatic carbocycles. The molecule has 0 unspecified atom stereocenters. The molecular weight excluding hydrogens is 314 g/mol. The van der Waals surface area contributed by atoms with Crippen molar-refractivity contribution in [2.75, 3.05) is 19.7 Å². The molecule has 1 saturated heterocycles. The number of esters is 1. The normalized spacial score (nSPS) is 14.2. The standard InChI is InChI=1S/C20H23N3O2/c1-3-25-20(24)16-10-11-19(21-22-23-12-6-7-13-23)18(14-16)17-9-5-4-8-15(17)2/h4-5,8-11,14H,3,6-7,12-13H2,1-2H3. The molecule has 0 amide bonds. The van der Waals surface area contributed by atoms with Crippen molar-refractivity contribution in [1.82, 2.24) is 5.01 Å². The molecular formula is C20H23N3O2. The molecule has 5 heteroatoms. The molecule has 130 valence electrons. The van der Waals surface area contributed by atoms with Crippen LogP contribution in [0.2, 0.25) is 0 Å². The van der Waals surface area contributed by atoms with E-state index in [-0.39, 0.29) is 5.97 Å². The summed E-state index contributed by atoms with van der Waals surface area (Å²) in [6, 6.07) is 13.5. The van der Waals surface area contributed by atoms with Crippen molar-refractivity contribution in [1.29, 1.82) is 0 Å². The van der Waals surface area contributed by atoms with Crippen LogP contribution in [0.4, 0.5) is 5.69 Å². The van der Waals surface area contributed by atoms with Crippen LogP contribution in [0.1, 0.15) is 35.7 Å². The minimum Gasteiger partial charge on any atom is -0.462 e. The van der Waals surface area contributed by atoms with Gasteiger partial charge in [0.1, 0.15) is 0 Å². The fraction of sp³-hybridized carbons (Fsp3) is 0.350. The van der Waals surface area contributed by atoms with E-state index >= 15 is 0 Å². The van der Waals surface area contributed by atoms with Crippen LogP contribution in [0, 0.1) is 6.92 Å². The van der Waals surface area contributed by atoms with Crippen molar-refractivity contribution in [3.63, 3.8) is 0 Å². The van der Waals surface area contributed by atoms with Crippen molar-refractivity contribution >= 4 is 11.7 Å². The van der Waals surface area contributed by atoms with Crippen LogP contribution < -0.4 is 0 Å². The van der Waals surface area contributed by atoms with E-state index in [1.165, 1.54) is 0 Å². The molecule has 2 aromatic carbocycles. The summed E-state index contributed by atoms with van der Waals surface area (Å²) in [4.78, 5) is 12.1. The van der Waals surface area contributed by atoms with Gasteiger partial charge in [0.2, 0.25) is 0 Å². The molecule has 0 atom stereocenters. The van der Waals surface area contributed by atoms with Crippen LogP contribution in [-0.2, 0) is 4.74 Å². The highest BCUT2D eigenvalue weighted by atomic mass is 16.5. The van der Waals surface area contributed by atoms with Crippen molar-refractivity contribution in [2.45, 2.75) is 26.7 Å². The summed E-state index contributed by atoms with van der Waals surface area (Å²) >= 11 is 0. The van der Waals surface area contributed by atoms with Gasteiger partial charge < -0.3 is 4.74 Å². The maximum Gasteiger partial charge on any atom is 0.338 e. The molecule has 1 fully saturated rings. The first-order chi connectivity index (χ1) is 12.2. The number of hydrogen-bond acceptors (Lipinski definition) is 4. The van der Waals surface area contributed by atoms with E-state index in [0.29, 0.717) is 12.2 Å². The van der Waals surface area contributed by atoms with Crippen molar-refractivity contribution < 1.29 is 9.53 Å². The maximum atomic E-state index is 12.1. The van der Waals surface area contributed by atoms with Gasteiger partial charge in [-0.05, 0) is 56.0 Å². The average Bonchev–Trinajstić information content (AvgIpc) is 3.14. The highest BCUT2D eigenvalue weighted by molar-refractivity contribution is 5.93. The molecule has 0 spiro atoms. The Hall–Kier alpha value is -2.69. The Morgan fingerprint density at radius 3 is 2.60 bits per heavy atom. The zero-order valence-electron chi connectivity index (χ0n) is 14.7. The second kappa shape index (κ2) is 7.92. The molecule has 0 N–H and O–H groups in total. The summed E-state index contributed by atoms with van der Waals surface area (Å²) < 4.78 is 5.13. The fourth-order valence-electron chi connectivity index (χ4n) is 2.96. The Bertz CT molecular complexity index is 780. The summed E-state index contributed by atoms with van der Waals surface area (Å²) in [6.07, 6.45) is 2.32. The van der Waals surface area contributed by atoms with Gasteiger partial charge in [0.25, 0.3) is 0 Å². The van der Waals surface area contributed by atoms with Gasteiger partial charge in [-0.3, -0.25) is 5.01 Å². The van der Waals surface area contributed by atoms with E-state index < -0.39 is 0 Å². The molecule has 5 nitrogen and oxygen atoms in total. The molecule has 2 aromatic rings. The molecule has 1 aliphatic rings. The predicted molar refractivity (Wildman–Crippen MR) is 97.9 cm³/mol. The lowest BCUT2D eigenvalue weighted by molar-refractivity contribution is 0.0526. The third-order valence-electron chi connectivity index (χ3n) is 4.30. The van der Waals surface area contributed by atoms with Crippen LogP contribution >= 0.6 is 0 Å². The van der Waals surface area contributed by atoms with Crippen LogP contribution in [0.5, 0.6) is 0 Å². The van der Waals surface area contributed by atoms with E-state index in [9.17, 15) is 4.79 Å². The summed E-state index contributed by atoms with van der Waals surface area (Å²) in [5, 5.41) is 10.8. The summed E-state index contributed by atoms with van der Waals surface area (Å²) in [6.45, 7) is 6.11. The number of rotatable bonds is 5. The second-order valence-corrected chi connectivity index (χ2v) is 6.12. The van der Waals surface area contributed by atoms with E-state index in [4.69, 9.17) is 4.74 Å². The number of carbonyl (C=O) groups is 1. The van der Waals surface area contributed by atoms with Crippen LogP contribution in [0.3, 0.4) is 0 Å². The number of carbonyl (C=O) groups excluding carboxylic acids is 1. The average molecular weight is 337 g/mol. The lowest BCUT2D eigenvalue weighted by Crippen LogP contribution is -2.09. The van der Waals surface area contributed by atoms with Crippen LogP contribution in [0.25, 0.3) is 11.1 Å². The van der Waals surface area contributed by atoms with Gasteiger partial charge in [0.05, 0.1) is 17.9 Å². The molecule has 0 aromatic heterocycles.